The fourth-order valence-electron chi connectivity index (χ4n) is 1.24. The number of hydrogen-bond donors (Lipinski definition) is 3. The molecule has 1 aromatic rings. The molecular formula is C10H15N3O. The molecule has 0 heterocycles. The number of amides is 1. The molecule has 1 amide bonds. The van der Waals surface area contributed by atoms with Crippen LogP contribution in [0.25, 0.3) is 0 Å². The van der Waals surface area contributed by atoms with Crippen LogP contribution in [0.15, 0.2) is 18.2 Å². The monoisotopic (exact) mass is 193 g/mol. The van der Waals surface area contributed by atoms with Gasteiger partial charge in [0.25, 0.3) is 5.91 Å². The first-order valence-corrected chi connectivity index (χ1v) is 4.44. The Bertz CT molecular complexity index is 336. The summed E-state index contributed by atoms with van der Waals surface area (Å²) in [4.78, 5) is 11.4. The molecule has 0 spiro atoms. The minimum Gasteiger partial charge on any atom is -0.388 e. The molecule has 1 aromatic carbocycles. The lowest BCUT2D eigenvalue weighted by Gasteiger charge is -2.09. The minimum absolute atomic E-state index is 0.0861. The molecule has 0 aliphatic rings. The van der Waals surface area contributed by atoms with Crippen LogP contribution < -0.4 is 16.0 Å². The molecule has 0 radical (unpaired) electrons. The quantitative estimate of drug-likeness (QED) is 0.674. The minimum atomic E-state index is -0.0861. The molecule has 0 aromatic heterocycles. The van der Waals surface area contributed by atoms with Crippen LogP contribution in [0, 0.1) is 0 Å². The van der Waals surface area contributed by atoms with Crippen molar-refractivity contribution in [1.29, 1.82) is 0 Å². The van der Waals surface area contributed by atoms with Crippen molar-refractivity contribution in [1.82, 2.24) is 5.32 Å². The highest BCUT2D eigenvalue weighted by Crippen LogP contribution is 2.19. The van der Waals surface area contributed by atoms with E-state index in [1.807, 2.05) is 19.2 Å². The lowest BCUT2D eigenvalue weighted by atomic mass is 10.1. The molecule has 0 aliphatic heterocycles. The second-order valence-corrected chi connectivity index (χ2v) is 2.84. The molecule has 3 N–H and O–H groups in total. The summed E-state index contributed by atoms with van der Waals surface area (Å²) in [7, 11) is 5.25. The molecular weight excluding hydrogens is 178 g/mol. The smallest absolute Gasteiger partial charge is 0.253 e. The Morgan fingerprint density at radius 3 is 2.36 bits per heavy atom. The molecule has 0 bridgehead atoms. The first kappa shape index (κ1) is 10.4. The molecule has 0 aliphatic carbocycles. The zero-order chi connectivity index (χ0) is 10.6. The van der Waals surface area contributed by atoms with Gasteiger partial charge in [0.15, 0.2) is 0 Å². The summed E-state index contributed by atoms with van der Waals surface area (Å²) >= 11 is 0. The zero-order valence-electron chi connectivity index (χ0n) is 8.64. The van der Waals surface area contributed by atoms with Gasteiger partial charge in [-0.2, -0.15) is 0 Å². The first-order valence-electron chi connectivity index (χ1n) is 4.44. The van der Waals surface area contributed by atoms with E-state index in [0.717, 1.165) is 11.4 Å². The Balaban J connectivity index is 3.11. The topological polar surface area (TPSA) is 53.2 Å². The van der Waals surface area contributed by atoms with E-state index in [9.17, 15) is 4.79 Å². The van der Waals surface area contributed by atoms with Crippen LogP contribution in [0.4, 0.5) is 11.4 Å². The predicted octanol–water partition coefficient (Wildman–Crippen LogP) is 1.13. The summed E-state index contributed by atoms with van der Waals surface area (Å²) < 4.78 is 0. The SMILES string of the molecule is CNC(=O)c1ccc(NC)cc1NC. The summed E-state index contributed by atoms with van der Waals surface area (Å²) in [5.74, 6) is -0.0861. The van der Waals surface area contributed by atoms with E-state index < -0.39 is 0 Å². The van der Waals surface area contributed by atoms with Crippen molar-refractivity contribution in [3.63, 3.8) is 0 Å². The number of carbonyl (C=O) groups is 1. The predicted molar refractivity (Wildman–Crippen MR) is 58.9 cm³/mol. The van der Waals surface area contributed by atoms with Crippen LogP contribution in [0.2, 0.25) is 0 Å². The van der Waals surface area contributed by atoms with E-state index in [4.69, 9.17) is 0 Å². The maximum absolute atomic E-state index is 11.4. The van der Waals surface area contributed by atoms with E-state index >= 15 is 0 Å². The van der Waals surface area contributed by atoms with Crippen LogP contribution in [0.5, 0.6) is 0 Å². The Morgan fingerprint density at radius 1 is 1.14 bits per heavy atom. The van der Waals surface area contributed by atoms with E-state index in [0.29, 0.717) is 5.56 Å². The van der Waals surface area contributed by atoms with Gasteiger partial charge < -0.3 is 16.0 Å². The summed E-state index contributed by atoms with van der Waals surface area (Å²) in [6.45, 7) is 0. The lowest BCUT2D eigenvalue weighted by molar-refractivity contribution is 0.0964. The van der Waals surface area contributed by atoms with E-state index in [-0.39, 0.29) is 5.91 Å². The largest absolute Gasteiger partial charge is 0.388 e. The van der Waals surface area contributed by atoms with Gasteiger partial charge in [-0.1, -0.05) is 0 Å². The van der Waals surface area contributed by atoms with Crippen molar-refractivity contribution in [2.24, 2.45) is 0 Å². The molecule has 0 saturated heterocycles. The molecule has 0 fully saturated rings. The fraction of sp³-hybridized carbons (Fsp3) is 0.300. The zero-order valence-corrected chi connectivity index (χ0v) is 8.64. The highest BCUT2D eigenvalue weighted by atomic mass is 16.1. The number of hydrogen-bond acceptors (Lipinski definition) is 3. The summed E-state index contributed by atoms with van der Waals surface area (Å²) in [6.07, 6.45) is 0. The molecule has 14 heavy (non-hydrogen) atoms. The van der Waals surface area contributed by atoms with Gasteiger partial charge in [0.05, 0.1) is 5.56 Å². The average Bonchev–Trinajstić information content (AvgIpc) is 2.27. The van der Waals surface area contributed by atoms with E-state index in [1.165, 1.54) is 0 Å². The average molecular weight is 193 g/mol. The van der Waals surface area contributed by atoms with Crippen LogP contribution in [-0.4, -0.2) is 27.1 Å². The van der Waals surface area contributed by atoms with Gasteiger partial charge in [-0.3, -0.25) is 4.79 Å². The summed E-state index contributed by atoms with van der Waals surface area (Å²) in [5, 5.41) is 8.59. The van der Waals surface area contributed by atoms with Gasteiger partial charge in [-0.05, 0) is 18.2 Å². The lowest BCUT2D eigenvalue weighted by Crippen LogP contribution is -2.19. The van der Waals surface area contributed by atoms with Gasteiger partial charge in [0.1, 0.15) is 0 Å². The number of nitrogens with one attached hydrogen (secondary N) is 3. The third-order valence-electron chi connectivity index (χ3n) is 2.05. The van der Waals surface area contributed by atoms with Gasteiger partial charge in [0, 0.05) is 32.5 Å². The third-order valence-corrected chi connectivity index (χ3v) is 2.05. The molecule has 76 valence electrons. The van der Waals surface area contributed by atoms with Gasteiger partial charge in [-0.15, -0.1) is 0 Å². The van der Waals surface area contributed by atoms with Crippen molar-refractivity contribution >= 4 is 17.3 Å². The molecule has 0 atom stereocenters. The second-order valence-electron chi connectivity index (χ2n) is 2.84. The molecule has 4 heteroatoms. The van der Waals surface area contributed by atoms with Crippen LogP contribution in [0.3, 0.4) is 0 Å². The van der Waals surface area contributed by atoms with Crippen molar-refractivity contribution in [3.8, 4) is 0 Å². The Labute approximate surface area is 83.7 Å². The summed E-state index contributed by atoms with van der Waals surface area (Å²) in [6, 6.07) is 5.55. The molecule has 0 unspecified atom stereocenters. The van der Waals surface area contributed by atoms with Crippen LogP contribution in [0.1, 0.15) is 10.4 Å². The highest BCUT2D eigenvalue weighted by Gasteiger charge is 2.08. The fourth-order valence-corrected chi connectivity index (χ4v) is 1.24. The Morgan fingerprint density at radius 2 is 1.86 bits per heavy atom. The highest BCUT2D eigenvalue weighted by molar-refractivity contribution is 6.00. The van der Waals surface area contributed by atoms with Gasteiger partial charge in [-0.25, -0.2) is 0 Å². The maximum atomic E-state index is 11.4. The molecule has 4 nitrogen and oxygen atoms in total. The van der Waals surface area contributed by atoms with Crippen molar-refractivity contribution in [2.75, 3.05) is 31.8 Å². The number of benzene rings is 1. The van der Waals surface area contributed by atoms with Crippen molar-refractivity contribution in [3.05, 3.63) is 23.8 Å². The number of carbonyl (C=O) groups excluding carboxylic acids is 1. The summed E-state index contributed by atoms with van der Waals surface area (Å²) in [5.41, 5.74) is 2.44. The van der Waals surface area contributed by atoms with E-state index in [2.05, 4.69) is 16.0 Å². The Kier molecular flexibility index (Phi) is 3.34. The molecule has 0 saturated carbocycles. The van der Waals surface area contributed by atoms with Crippen LogP contribution >= 0.6 is 0 Å². The Hall–Kier alpha value is -1.71. The normalized spacial score (nSPS) is 9.36. The standard InChI is InChI=1S/C10H15N3O/c1-11-7-4-5-8(10(14)13-3)9(6-7)12-2/h4-6,11-12H,1-3H3,(H,13,14). The second kappa shape index (κ2) is 4.50. The maximum Gasteiger partial charge on any atom is 0.253 e. The number of rotatable bonds is 3. The third kappa shape index (κ3) is 1.96. The van der Waals surface area contributed by atoms with E-state index in [1.54, 1.807) is 20.2 Å². The molecule has 1 rings (SSSR count). The van der Waals surface area contributed by atoms with Gasteiger partial charge >= 0.3 is 0 Å². The first-order chi connectivity index (χ1) is 6.72. The van der Waals surface area contributed by atoms with Gasteiger partial charge in [0.2, 0.25) is 0 Å². The van der Waals surface area contributed by atoms with Crippen LogP contribution in [-0.2, 0) is 0 Å². The van der Waals surface area contributed by atoms with Crippen molar-refractivity contribution < 1.29 is 4.79 Å². The number of anilines is 2. The van der Waals surface area contributed by atoms with Crippen molar-refractivity contribution in [2.45, 2.75) is 0 Å².